The number of carbonyl (C=O) groups is 1. The van der Waals surface area contributed by atoms with Crippen LogP contribution in [-0.4, -0.2) is 33.9 Å². The molecule has 0 bridgehead atoms. The molecule has 0 radical (unpaired) electrons. The van der Waals surface area contributed by atoms with Crippen LogP contribution in [0.4, 0.5) is 5.69 Å². The second-order valence-corrected chi connectivity index (χ2v) is 6.09. The second-order valence-electron chi connectivity index (χ2n) is 6.09. The maximum absolute atomic E-state index is 11.9. The van der Waals surface area contributed by atoms with Gasteiger partial charge in [0.05, 0.1) is 31.1 Å². The molecule has 0 fully saturated rings. The molecule has 0 spiro atoms. The Labute approximate surface area is 130 Å². The molecule has 22 heavy (non-hydrogen) atoms. The summed E-state index contributed by atoms with van der Waals surface area (Å²) in [6, 6.07) is 2.14. The first kappa shape index (κ1) is 16.4. The van der Waals surface area contributed by atoms with Crippen LogP contribution in [0.3, 0.4) is 0 Å². The molecule has 0 atom stereocenters. The molecule has 0 saturated heterocycles. The molecule has 2 heterocycles. The van der Waals surface area contributed by atoms with Gasteiger partial charge in [-0.15, -0.1) is 0 Å². The van der Waals surface area contributed by atoms with E-state index in [0.717, 1.165) is 11.0 Å². The van der Waals surface area contributed by atoms with E-state index in [2.05, 4.69) is 43.1 Å². The van der Waals surface area contributed by atoms with E-state index >= 15 is 0 Å². The number of ether oxygens (including phenoxy) is 1. The number of rotatable bonds is 7. The van der Waals surface area contributed by atoms with Crippen LogP contribution in [0.1, 0.15) is 40.2 Å². The Morgan fingerprint density at radius 3 is 2.77 bits per heavy atom. The zero-order valence-corrected chi connectivity index (χ0v) is 13.7. The van der Waals surface area contributed by atoms with Gasteiger partial charge in [-0.05, 0) is 25.8 Å². The highest BCUT2D eigenvalue weighted by molar-refractivity contribution is 5.92. The maximum atomic E-state index is 11.9. The van der Waals surface area contributed by atoms with Crippen molar-refractivity contribution in [3.05, 3.63) is 18.5 Å². The molecular weight excluding hydrogens is 280 g/mol. The summed E-state index contributed by atoms with van der Waals surface area (Å²) in [6.07, 6.45) is 3.77. The third kappa shape index (κ3) is 4.27. The molecule has 0 saturated carbocycles. The predicted octanol–water partition coefficient (Wildman–Crippen LogP) is 3.01. The van der Waals surface area contributed by atoms with E-state index < -0.39 is 0 Å². The van der Waals surface area contributed by atoms with Crippen LogP contribution < -0.4 is 5.32 Å². The summed E-state index contributed by atoms with van der Waals surface area (Å²) < 4.78 is 7.28. The van der Waals surface area contributed by atoms with Crippen molar-refractivity contribution in [2.75, 3.05) is 18.5 Å². The van der Waals surface area contributed by atoms with Gasteiger partial charge >= 0.3 is 0 Å². The summed E-state index contributed by atoms with van der Waals surface area (Å²) in [5.41, 5.74) is 1.51. The van der Waals surface area contributed by atoms with Crippen molar-refractivity contribution >= 4 is 22.6 Å². The molecule has 0 aromatic carbocycles. The summed E-state index contributed by atoms with van der Waals surface area (Å²) >= 11 is 0. The Bertz CT molecular complexity index is 634. The number of hydrogen-bond acceptors (Lipinski definition) is 4. The summed E-state index contributed by atoms with van der Waals surface area (Å²) in [6.45, 7) is 9.39. The Balaban J connectivity index is 1.93. The third-order valence-corrected chi connectivity index (χ3v) is 3.13. The summed E-state index contributed by atoms with van der Waals surface area (Å²) in [4.78, 5) is 16.3. The number of fused-ring (bicyclic) bond motifs is 1. The van der Waals surface area contributed by atoms with Crippen molar-refractivity contribution in [1.82, 2.24) is 14.8 Å². The fourth-order valence-corrected chi connectivity index (χ4v) is 2.09. The molecule has 1 N–H and O–H groups in total. The second kappa shape index (κ2) is 7.35. The third-order valence-electron chi connectivity index (χ3n) is 3.13. The lowest BCUT2D eigenvalue weighted by molar-refractivity contribution is -0.117. The number of hydrogen-bond donors (Lipinski definition) is 1. The van der Waals surface area contributed by atoms with Crippen molar-refractivity contribution in [3.8, 4) is 0 Å². The van der Waals surface area contributed by atoms with E-state index in [1.54, 1.807) is 12.4 Å². The molecule has 0 aliphatic carbocycles. The van der Waals surface area contributed by atoms with Gasteiger partial charge in [0.2, 0.25) is 5.91 Å². The van der Waals surface area contributed by atoms with Gasteiger partial charge < -0.3 is 10.1 Å². The average molecular weight is 304 g/mol. The van der Waals surface area contributed by atoms with Crippen LogP contribution in [0.25, 0.3) is 11.0 Å². The van der Waals surface area contributed by atoms with Gasteiger partial charge in [0.1, 0.15) is 0 Å². The fraction of sp³-hybridized carbons (Fsp3) is 0.562. The van der Waals surface area contributed by atoms with Gasteiger partial charge in [0, 0.05) is 18.0 Å². The molecular formula is C16H24N4O2. The molecule has 2 rings (SSSR count). The fourth-order valence-electron chi connectivity index (χ4n) is 2.09. The average Bonchev–Trinajstić information content (AvgIpc) is 2.86. The van der Waals surface area contributed by atoms with Gasteiger partial charge in [-0.25, -0.2) is 9.67 Å². The predicted molar refractivity (Wildman–Crippen MR) is 86.8 cm³/mol. The zero-order chi connectivity index (χ0) is 16.1. The molecule has 120 valence electrons. The van der Waals surface area contributed by atoms with Gasteiger partial charge in [0.25, 0.3) is 0 Å². The zero-order valence-electron chi connectivity index (χ0n) is 13.7. The summed E-state index contributed by atoms with van der Waals surface area (Å²) in [5.74, 6) is 0.410. The van der Waals surface area contributed by atoms with Gasteiger partial charge in [-0.3, -0.25) is 4.79 Å². The number of pyridine rings is 1. The first-order valence-corrected chi connectivity index (χ1v) is 7.68. The molecule has 2 aromatic heterocycles. The highest BCUT2D eigenvalue weighted by atomic mass is 16.5. The van der Waals surface area contributed by atoms with E-state index in [-0.39, 0.29) is 11.9 Å². The van der Waals surface area contributed by atoms with Crippen molar-refractivity contribution in [2.24, 2.45) is 5.92 Å². The lowest BCUT2D eigenvalue weighted by atomic mass is 10.2. The molecule has 0 aliphatic rings. The number of amides is 1. The van der Waals surface area contributed by atoms with E-state index in [0.29, 0.717) is 31.2 Å². The quantitative estimate of drug-likeness (QED) is 0.798. The van der Waals surface area contributed by atoms with Crippen LogP contribution in [0, 0.1) is 5.92 Å². The smallest absolute Gasteiger partial charge is 0.226 e. The van der Waals surface area contributed by atoms with Crippen LogP contribution in [-0.2, 0) is 9.53 Å². The van der Waals surface area contributed by atoms with Crippen molar-refractivity contribution < 1.29 is 9.53 Å². The minimum atomic E-state index is -0.0684. The standard InChI is InChI=1S/C16H24N4O2/c1-11(2)10-22-6-5-15(21)19-14-7-13-8-18-20(12(3)4)16(13)17-9-14/h7-9,11-12H,5-6,10H2,1-4H3,(H,19,21). The summed E-state index contributed by atoms with van der Waals surface area (Å²) in [5, 5.41) is 8.07. The monoisotopic (exact) mass is 304 g/mol. The number of anilines is 1. The van der Waals surface area contributed by atoms with E-state index in [9.17, 15) is 4.79 Å². The highest BCUT2D eigenvalue weighted by Crippen LogP contribution is 2.19. The number of nitrogens with one attached hydrogen (secondary N) is 1. The molecule has 1 amide bonds. The number of aromatic nitrogens is 3. The summed E-state index contributed by atoms with van der Waals surface area (Å²) in [7, 11) is 0. The molecule has 0 unspecified atom stereocenters. The maximum Gasteiger partial charge on any atom is 0.226 e. The lowest BCUT2D eigenvalue weighted by Crippen LogP contribution is -2.15. The Kier molecular flexibility index (Phi) is 5.49. The van der Waals surface area contributed by atoms with E-state index in [4.69, 9.17) is 4.74 Å². The van der Waals surface area contributed by atoms with Crippen LogP contribution >= 0.6 is 0 Å². The van der Waals surface area contributed by atoms with E-state index in [1.807, 2.05) is 10.7 Å². The topological polar surface area (TPSA) is 69.0 Å². The molecule has 6 heteroatoms. The van der Waals surface area contributed by atoms with Crippen molar-refractivity contribution in [2.45, 2.75) is 40.2 Å². The lowest BCUT2D eigenvalue weighted by Gasteiger charge is -2.08. The minimum Gasteiger partial charge on any atom is -0.381 e. The molecule has 0 aliphatic heterocycles. The van der Waals surface area contributed by atoms with Crippen LogP contribution in [0.15, 0.2) is 18.5 Å². The first-order chi connectivity index (χ1) is 10.5. The van der Waals surface area contributed by atoms with Crippen molar-refractivity contribution in [1.29, 1.82) is 0 Å². The first-order valence-electron chi connectivity index (χ1n) is 7.68. The number of carbonyl (C=O) groups excluding carboxylic acids is 1. The van der Waals surface area contributed by atoms with Gasteiger partial charge in [0.15, 0.2) is 5.65 Å². The van der Waals surface area contributed by atoms with Gasteiger partial charge in [-0.2, -0.15) is 5.10 Å². The van der Waals surface area contributed by atoms with Crippen LogP contribution in [0.5, 0.6) is 0 Å². The van der Waals surface area contributed by atoms with Gasteiger partial charge in [-0.1, -0.05) is 13.8 Å². The molecule has 2 aromatic rings. The Morgan fingerprint density at radius 1 is 1.32 bits per heavy atom. The number of nitrogens with zero attached hydrogens (tertiary/aromatic N) is 3. The molecule has 6 nitrogen and oxygen atoms in total. The highest BCUT2D eigenvalue weighted by Gasteiger charge is 2.09. The van der Waals surface area contributed by atoms with E-state index in [1.165, 1.54) is 0 Å². The Morgan fingerprint density at radius 2 is 2.09 bits per heavy atom. The SMILES string of the molecule is CC(C)COCCC(=O)Nc1cnc2c(cnn2C(C)C)c1. The largest absolute Gasteiger partial charge is 0.381 e. The Hall–Kier alpha value is -1.95. The normalized spacial score (nSPS) is 11.5. The van der Waals surface area contributed by atoms with Crippen molar-refractivity contribution in [3.63, 3.8) is 0 Å². The van der Waals surface area contributed by atoms with Crippen LogP contribution in [0.2, 0.25) is 0 Å². The minimum absolute atomic E-state index is 0.0684.